The zero-order chi connectivity index (χ0) is 23.0. The van der Waals surface area contributed by atoms with Crippen LogP contribution in [0, 0.1) is 0 Å². The number of anilines is 1. The maximum atomic E-state index is 11.8. The summed E-state index contributed by atoms with van der Waals surface area (Å²) in [7, 11) is 2.13. The van der Waals surface area contributed by atoms with E-state index in [9.17, 15) is 4.79 Å². The summed E-state index contributed by atoms with van der Waals surface area (Å²) in [5, 5.41) is 14.1. The predicted octanol–water partition coefficient (Wildman–Crippen LogP) is 4.73. The van der Waals surface area contributed by atoms with Crippen LogP contribution in [0.15, 0.2) is 70.7 Å². The Kier molecular flexibility index (Phi) is 8.02. The van der Waals surface area contributed by atoms with Gasteiger partial charge in [0, 0.05) is 50.1 Å². The van der Waals surface area contributed by atoms with Gasteiger partial charge in [0.1, 0.15) is 6.54 Å². The van der Waals surface area contributed by atoms with E-state index in [1.165, 1.54) is 32.1 Å². The highest BCUT2D eigenvalue weighted by molar-refractivity contribution is 8.03. The van der Waals surface area contributed by atoms with E-state index < -0.39 is 0 Å². The van der Waals surface area contributed by atoms with Crippen molar-refractivity contribution in [3.8, 4) is 0 Å². The number of carbonyl (C=O) groups is 1. The Morgan fingerprint density at radius 3 is 2.73 bits per heavy atom. The normalized spacial score (nSPS) is 14.1. The molecule has 6 heteroatoms. The van der Waals surface area contributed by atoms with Crippen molar-refractivity contribution >= 4 is 40.3 Å². The maximum absolute atomic E-state index is 11.8. The first-order chi connectivity index (χ1) is 16.2. The molecule has 4 rings (SSSR count). The fourth-order valence-corrected chi connectivity index (χ4v) is 5.25. The molecule has 0 saturated heterocycles. The number of hydrogen-bond acceptors (Lipinski definition) is 4. The second-order valence-corrected chi connectivity index (χ2v) is 9.39. The molecular weight excluding hydrogens is 430 g/mol. The molecule has 0 saturated carbocycles. The second-order valence-electron chi connectivity index (χ2n) is 8.33. The van der Waals surface area contributed by atoms with E-state index in [-0.39, 0.29) is 12.5 Å². The van der Waals surface area contributed by atoms with Crippen LogP contribution >= 0.6 is 11.8 Å². The molecule has 0 fully saturated rings. The van der Waals surface area contributed by atoms with Gasteiger partial charge in [-0.25, -0.2) is 0 Å². The Bertz CT molecular complexity index is 1150. The van der Waals surface area contributed by atoms with Crippen molar-refractivity contribution in [2.24, 2.45) is 0 Å². The third kappa shape index (κ3) is 5.75. The van der Waals surface area contributed by atoms with Crippen LogP contribution in [0.3, 0.4) is 0 Å². The average Bonchev–Trinajstić information content (AvgIpc) is 3.15. The molecule has 0 unspecified atom stereocenters. The Morgan fingerprint density at radius 2 is 1.88 bits per heavy atom. The van der Waals surface area contributed by atoms with Crippen molar-refractivity contribution in [3.63, 3.8) is 0 Å². The molecule has 1 aromatic heterocycles. The van der Waals surface area contributed by atoms with Crippen LogP contribution in [0.5, 0.6) is 0 Å². The minimum atomic E-state index is 0.0795. The van der Waals surface area contributed by atoms with Gasteiger partial charge in [-0.1, -0.05) is 36.0 Å². The first-order valence-corrected chi connectivity index (χ1v) is 12.5. The minimum absolute atomic E-state index is 0.0795. The van der Waals surface area contributed by atoms with Crippen LogP contribution in [-0.4, -0.2) is 31.2 Å². The highest BCUT2D eigenvalue weighted by atomic mass is 32.2. The lowest BCUT2D eigenvalue weighted by atomic mass is 10.1. The topological polar surface area (TPSA) is 56.5 Å². The molecule has 2 N–H and O–H groups in total. The Hall–Kier alpha value is -2.83. The van der Waals surface area contributed by atoms with Crippen molar-refractivity contribution in [3.05, 3.63) is 71.4 Å². The Morgan fingerprint density at radius 1 is 1.06 bits per heavy atom. The van der Waals surface area contributed by atoms with Gasteiger partial charge in [0.2, 0.25) is 11.4 Å². The molecule has 0 radical (unpaired) electrons. The maximum Gasteiger partial charge on any atom is 0.219 e. The zero-order valence-corrected chi connectivity index (χ0v) is 20.0. The predicted molar refractivity (Wildman–Crippen MR) is 136 cm³/mol. The molecule has 0 bridgehead atoms. The van der Waals surface area contributed by atoms with Gasteiger partial charge in [-0.15, -0.1) is 0 Å². The number of aromatic nitrogens is 1. The van der Waals surface area contributed by atoms with Crippen molar-refractivity contribution < 1.29 is 14.5 Å². The summed E-state index contributed by atoms with van der Waals surface area (Å²) >= 11 is 1.81. The molecule has 1 aliphatic rings. The van der Waals surface area contributed by atoms with E-state index in [1.807, 2.05) is 11.8 Å². The number of benzene rings is 2. The number of thioether (sulfide) groups is 1. The fourth-order valence-electron chi connectivity index (χ4n) is 4.15. The lowest BCUT2D eigenvalue weighted by Gasteiger charge is -2.13. The number of nitrogens with one attached hydrogen (secondary N) is 1. The van der Waals surface area contributed by atoms with Gasteiger partial charge in [0.15, 0.2) is 6.20 Å². The highest BCUT2D eigenvalue weighted by Gasteiger charge is 2.22. The molecule has 1 aliphatic heterocycles. The van der Waals surface area contributed by atoms with E-state index in [0.717, 1.165) is 25.8 Å². The fraction of sp³-hybridized carbons (Fsp3) is 0.333. The van der Waals surface area contributed by atoms with Crippen molar-refractivity contribution in [2.45, 2.75) is 43.5 Å². The molecule has 0 aliphatic carbocycles. The van der Waals surface area contributed by atoms with E-state index in [4.69, 9.17) is 5.11 Å². The number of rotatable bonds is 10. The Labute approximate surface area is 200 Å². The van der Waals surface area contributed by atoms with Crippen LogP contribution in [0.4, 0.5) is 5.69 Å². The zero-order valence-electron chi connectivity index (χ0n) is 19.2. The molecule has 5 nitrogen and oxygen atoms in total. The number of carbonyl (C=O) groups excluding carboxylic acids is 1. The standard InChI is InChI=1S/C27H31N3O2S/c1-29-24-12-6-7-13-25(24)33-27(29)20-21-15-18-30(23-11-5-4-10-22(21)23)17-8-2-3-14-26(32)28-16-9-19-31/h4-7,10-13,15,18,20,31H,2-3,8-9,14,16-17,19H2,1H3/p+1. The van der Waals surface area contributed by atoms with Gasteiger partial charge in [-0.05, 0) is 49.1 Å². The number of amides is 1. The summed E-state index contributed by atoms with van der Waals surface area (Å²) in [6.07, 6.45) is 8.57. The lowest BCUT2D eigenvalue weighted by molar-refractivity contribution is -0.671. The number of fused-ring (bicyclic) bond motifs is 2. The van der Waals surface area contributed by atoms with Gasteiger partial charge < -0.3 is 15.3 Å². The molecule has 172 valence electrons. The Balaban J connectivity index is 1.40. The van der Waals surface area contributed by atoms with E-state index >= 15 is 0 Å². The van der Waals surface area contributed by atoms with Gasteiger partial charge in [-0.2, -0.15) is 4.57 Å². The molecule has 2 aromatic carbocycles. The summed E-state index contributed by atoms with van der Waals surface area (Å²) in [5.41, 5.74) is 3.71. The number of pyridine rings is 1. The number of aryl methyl sites for hydroxylation is 1. The largest absolute Gasteiger partial charge is 0.396 e. The summed E-state index contributed by atoms with van der Waals surface area (Å²) < 4.78 is 2.32. The average molecular weight is 463 g/mol. The molecule has 0 atom stereocenters. The molecule has 1 amide bonds. The minimum Gasteiger partial charge on any atom is -0.396 e. The SMILES string of the molecule is CN1C(=Cc2cc[n+](CCCCCC(=O)NCCCO)c3ccccc23)Sc2ccccc21. The van der Waals surface area contributed by atoms with Crippen LogP contribution in [0.25, 0.3) is 17.0 Å². The number of nitrogens with zero attached hydrogens (tertiary/aromatic N) is 2. The van der Waals surface area contributed by atoms with E-state index in [1.54, 1.807) is 0 Å². The van der Waals surface area contributed by atoms with Gasteiger partial charge >= 0.3 is 0 Å². The summed E-state index contributed by atoms with van der Waals surface area (Å²) in [5.74, 6) is 0.0795. The van der Waals surface area contributed by atoms with Gasteiger partial charge in [-0.3, -0.25) is 4.79 Å². The van der Waals surface area contributed by atoms with E-state index in [0.29, 0.717) is 19.4 Å². The lowest BCUT2D eigenvalue weighted by Crippen LogP contribution is -2.34. The van der Waals surface area contributed by atoms with E-state index in [2.05, 4.69) is 88.7 Å². The van der Waals surface area contributed by atoms with Crippen LogP contribution < -0.4 is 14.8 Å². The molecule has 33 heavy (non-hydrogen) atoms. The molecule has 3 aromatic rings. The third-order valence-corrected chi connectivity index (χ3v) is 7.14. The van der Waals surface area contributed by atoms with Crippen molar-refractivity contribution in [2.75, 3.05) is 25.1 Å². The molecular formula is C27H32N3O2S+. The second kappa shape index (κ2) is 11.3. The van der Waals surface area contributed by atoms with Crippen molar-refractivity contribution in [1.82, 2.24) is 5.32 Å². The monoisotopic (exact) mass is 462 g/mol. The van der Waals surface area contributed by atoms with Crippen LogP contribution in [0.1, 0.15) is 37.7 Å². The molecule has 0 spiro atoms. The van der Waals surface area contributed by atoms with Crippen LogP contribution in [0.2, 0.25) is 0 Å². The summed E-state index contributed by atoms with van der Waals surface area (Å²) in [6.45, 7) is 1.61. The quantitative estimate of drug-likeness (QED) is 0.338. The highest BCUT2D eigenvalue weighted by Crippen LogP contribution is 2.45. The first kappa shape index (κ1) is 23.3. The number of unbranched alkanes of at least 4 members (excludes halogenated alkanes) is 2. The smallest absolute Gasteiger partial charge is 0.219 e. The van der Waals surface area contributed by atoms with Crippen LogP contribution in [-0.2, 0) is 11.3 Å². The number of aliphatic hydroxyl groups is 1. The first-order valence-electron chi connectivity index (χ1n) is 11.7. The molecule has 2 heterocycles. The van der Waals surface area contributed by atoms with Gasteiger partial charge in [0.25, 0.3) is 0 Å². The number of aliphatic hydroxyl groups excluding tert-OH is 1. The third-order valence-electron chi connectivity index (χ3n) is 5.97. The summed E-state index contributed by atoms with van der Waals surface area (Å²) in [4.78, 5) is 15.3. The summed E-state index contributed by atoms with van der Waals surface area (Å²) in [6, 6.07) is 19.3. The number of para-hydroxylation sites is 2. The van der Waals surface area contributed by atoms with Gasteiger partial charge in [0.05, 0.1) is 16.1 Å². The van der Waals surface area contributed by atoms with Crippen molar-refractivity contribution in [1.29, 1.82) is 0 Å². The number of hydrogen-bond donors (Lipinski definition) is 2.